The normalized spacial score (nSPS) is 22.8. The van der Waals surface area contributed by atoms with E-state index in [4.69, 9.17) is 6.57 Å². The Morgan fingerprint density at radius 3 is 2.09 bits per heavy atom. The van der Waals surface area contributed by atoms with Crippen LogP contribution in [0.5, 0.6) is 0 Å². The van der Waals surface area contributed by atoms with Gasteiger partial charge in [0.15, 0.2) is 0 Å². The molecular weight excluding hydrogens is 735 g/mol. The van der Waals surface area contributed by atoms with E-state index in [1.54, 1.807) is 12.1 Å². The third-order valence-electron chi connectivity index (χ3n) is 13.6. The molecule has 14 heteroatoms. The highest BCUT2D eigenvalue weighted by Crippen LogP contribution is 2.43. The number of aromatic nitrogens is 1. The zero-order chi connectivity index (χ0) is 40.1. The lowest BCUT2D eigenvalue weighted by molar-refractivity contribution is -0.136. The van der Waals surface area contributed by atoms with Crippen molar-refractivity contribution in [3.63, 3.8) is 0 Å². The van der Waals surface area contributed by atoms with Crippen molar-refractivity contribution in [2.75, 3.05) is 80.1 Å². The van der Waals surface area contributed by atoms with Crippen LogP contribution >= 0.6 is 0 Å². The van der Waals surface area contributed by atoms with Crippen molar-refractivity contribution in [1.29, 1.82) is 0 Å². The zero-order valence-corrected chi connectivity index (χ0v) is 33.0. The molecule has 5 fully saturated rings. The molecule has 1 atom stereocenters. The number of piperidine rings is 3. The van der Waals surface area contributed by atoms with E-state index in [9.17, 15) is 24.0 Å². The fourth-order valence-corrected chi connectivity index (χ4v) is 10.1. The summed E-state index contributed by atoms with van der Waals surface area (Å²) < 4.78 is 0. The van der Waals surface area contributed by atoms with Crippen molar-refractivity contribution in [2.24, 2.45) is 5.41 Å². The number of carbonyl (C=O) groups is 5. The molecule has 1 N–H and O–H groups in total. The number of fused-ring (bicyclic) bond motifs is 1. The highest BCUT2D eigenvalue weighted by atomic mass is 16.2. The molecule has 0 saturated carbocycles. The molecule has 0 bridgehead atoms. The number of pyridine rings is 1. The topological polar surface area (TPSA) is 134 Å². The number of nitrogens with zero attached hydrogens (tertiary/aromatic N) is 8. The molecule has 5 amide bonds. The SMILES string of the molecule is [C-]#[N+]c1ncc(N2CCC3(CCN(c4ccc(C(=O)N5CCN(C6CCN(c7ccc8c(c7)C(=O)N(C7CCC(=O)NC7=O)C8=O)CC6)CC5)cc4)CC3)C2)cc1C. The number of hydrogen-bond acceptors (Lipinski definition) is 10. The molecule has 6 aliphatic rings. The fourth-order valence-electron chi connectivity index (χ4n) is 10.1. The van der Waals surface area contributed by atoms with Gasteiger partial charge in [-0.15, -0.1) is 4.98 Å². The maximum atomic E-state index is 13.6. The summed E-state index contributed by atoms with van der Waals surface area (Å²) in [5.74, 6) is -1.42. The largest absolute Gasteiger partial charge is 0.371 e. The molecule has 9 rings (SSSR count). The molecule has 1 unspecified atom stereocenters. The molecule has 14 nitrogen and oxygen atoms in total. The molecule has 0 radical (unpaired) electrons. The third kappa shape index (κ3) is 6.95. The first-order valence-corrected chi connectivity index (χ1v) is 20.7. The lowest BCUT2D eigenvalue weighted by Gasteiger charge is -2.43. The zero-order valence-electron chi connectivity index (χ0n) is 33.0. The molecule has 6 aliphatic heterocycles. The lowest BCUT2D eigenvalue weighted by Crippen LogP contribution is -2.54. The van der Waals surface area contributed by atoms with E-state index in [1.165, 1.54) is 12.1 Å². The number of aryl methyl sites for hydroxylation is 1. The minimum absolute atomic E-state index is 0.0830. The Kier molecular flexibility index (Phi) is 9.87. The van der Waals surface area contributed by atoms with Gasteiger partial charge >= 0.3 is 0 Å². The predicted molar refractivity (Wildman–Crippen MR) is 218 cm³/mol. The number of rotatable bonds is 6. The number of anilines is 3. The number of carbonyl (C=O) groups excluding carboxylic acids is 5. The van der Waals surface area contributed by atoms with Gasteiger partial charge in [0.05, 0.1) is 16.8 Å². The van der Waals surface area contributed by atoms with E-state index in [2.05, 4.69) is 52.9 Å². The Morgan fingerprint density at radius 2 is 1.41 bits per heavy atom. The fraction of sp³-hybridized carbons (Fsp3) is 0.477. The van der Waals surface area contributed by atoms with Crippen LogP contribution in [0.1, 0.15) is 81.6 Å². The maximum absolute atomic E-state index is 13.6. The van der Waals surface area contributed by atoms with E-state index in [1.807, 2.05) is 36.2 Å². The molecular formula is C44H49N9O5. The van der Waals surface area contributed by atoms with Crippen molar-refractivity contribution in [2.45, 2.75) is 64.0 Å². The van der Waals surface area contributed by atoms with Crippen LogP contribution in [0.3, 0.4) is 0 Å². The average molecular weight is 784 g/mol. The van der Waals surface area contributed by atoms with E-state index in [-0.39, 0.29) is 18.7 Å². The number of nitrogens with one attached hydrogen (secondary N) is 1. The van der Waals surface area contributed by atoms with Crippen LogP contribution in [-0.4, -0.2) is 127 Å². The van der Waals surface area contributed by atoms with Crippen LogP contribution in [0.2, 0.25) is 0 Å². The van der Waals surface area contributed by atoms with Gasteiger partial charge in [0, 0.05) is 94.8 Å². The van der Waals surface area contributed by atoms with E-state index < -0.39 is 29.7 Å². The second-order valence-corrected chi connectivity index (χ2v) is 16.9. The number of hydrogen-bond donors (Lipinski definition) is 1. The Morgan fingerprint density at radius 1 is 0.759 bits per heavy atom. The van der Waals surface area contributed by atoms with E-state index >= 15 is 0 Å². The summed E-state index contributed by atoms with van der Waals surface area (Å²) >= 11 is 0. The minimum atomic E-state index is -0.976. The highest BCUT2D eigenvalue weighted by Gasteiger charge is 2.45. The highest BCUT2D eigenvalue weighted by molar-refractivity contribution is 6.23. The van der Waals surface area contributed by atoms with Crippen LogP contribution in [-0.2, 0) is 9.59 Å². The van der Waals surface area contributed by atoms with Crippen molar-refractivity contribution in [3.8, 4) is 0 Å². The second kappa shape index (κ2) is 15.2. The molecule has 300 valence electrons. The molecule has 58 heavy (non-hydrogen) atoms. The summed E-state index contributed by atoms with van der Waals surface area (Å²) in [7, 11) is 0. The van der Waals surface area contributed by atoms with Gasteiger partial charge in [-0.05, 0) is 105 Å². The van der Waals surface area contributed by atoms with Gasteiger partial charge in [-0.1, -0.05) is 6.57 Å². The van der Waals surface area contributed by atoms with Gasteiger partial charge in [-0.2, -0.15) is 0 Å². The summed E-state index contributed by atoms with van der Waals surface area (Å²) in [5.41, 5.74) is 5.72. The van der Waals surface area contributed by atoms with Crippen molar-refractivity contribution >= 4 is 52.4 Å². The molecule has 0 aliphatic carbocycles. The average Bonchev–Trinajstić information content (AvgIpc) is 3.77. The first-order valence-electron chi connectivity index (χ1n) is 20.7. The van der Waals surface area contributed by atoms with Crippen molar-refractivity contribution in [1.82, 2.24) is 25.0 Å². The molecule has 3 aromatic rings. The van der Waals surface area contributed by atoms with Crippen LogP contribution in [0.4, 0.5) is 22.9 Å². The van der Waals surface area contributed by atoms with Crippen LogP contribution < -0.4 is 20.0 Å². The lowest BCUT2D eigenvalue weighted by atomic mass is 9.77. The summed E-state index contributed by atoms with van der Waals surface area (Å²) in [6.07, 6.45) is 7.40. The monoisotopic (exact) mass is 783 g/mol. The molecule has 7 heterocycles. The number of piperazine rings is 1. The van der Waals surface area contributed by atoms with Crippen LogP contribution in [0.15, 0.2) is 54.7 Å². The Hall–Kier alpha value is -5.81. The van der Waals surface area contributed by atoms with Crippen LogP contribution in [0.25, 0.3) is 4.85 Å². The van der Waals surface area contributed by atoms with Crippen molar-refractivity contribution in [3.05, 3.63) is 88.4 Å². The molecule has 2 aromatic carbocycles. The maximum Gasteiger partial charge on any atom is 0.272 e. The summed E-state index contributed by atoms with van der Waals surface area (Å²) in [5, 5.41) is 2.25. The Labute approximate surface area is 338 Å². The quantitative estimate of drug-likeness (QED) is 0.286. The number of amides is 5. The first kappa shape index (κ1) is 37.7. The van der Waals surface area contributed by atoms with Gasteiger partial charge in [0.2, 0.25) is 11.8 Å². The first-order chi connectivity index (χ1) is 28.1. The van der Waals surface area contributed by atoms with Gasteiger partial charge < -0.3 is 24.4 Å². The standard InChI is InChI=1S/C44H49N9O5/c1-29-25-34(27-46-39(29)45-2)52-20-15-44(28-52)13-18-49(19-14-44)31-5-3-30(4-6-31)41(56)51-23-21-50(22-24-51)32-11-16-48(17-12-32)33-7-8-35-36(26-33)43(58)53(42(35)57)37-9-10-38(54)47-40(37)55/h3-8,25-27,32,37H,9-24,28H2,1H3,(H,47,54,55). The third-order valence-corrected chi connectivity index (χ3v) is 13.6. The summed E-state index contributed by atoms with van der Waals surface area (Å²) in [4.78, 5) is 84.7. The molecule has 1 spiro atoms. The second-order valence-electron chi connectivity index (χ2n) is 16.9. The summed E-state index contributed by atoms with van der Waals surface area (Å²) in [6, 6.07) is 15.0. The van der Waals surface area contributed by atoms with Crippen molar-refractivity contribution < 1.29 is 24.0 Å². The number of imide groups is 2. The van der Waals surface area contributed by atoms with E-state index in [0.717, 1.165) is 105 Å². The molecule has 1 aromatic heterocycles. The Balaban J connectivity index is 0.731. The minimum Gasteiger partial charge on any atom is -0.371 e. The molecule has 5 saturated heterocycles. The number of benzene rings is 2. The smallest absolute Gasteiger partial charge is 0.272 e. The van der Waals surface area contributed by atoms with Gasteiger partial charge in [-0.3, -0.25) is 39.1 Å². The van der Waals surface area contributed by atoms with Gasteiger partial charge in [-0.25, -0.2) is 0 Å². The van der Waals surface area contributed by atoms with E-state index in [0.29, 0.717) is 41.5 Å². The Bertz CT molecular complexity index is 2190. The van der Waals surface area contributed by atoms with Gasteiger partial charge in [0.25, 0.3) is 23.5 Å². The predicted octanol–water partition coefficient (Wildman–Crippen LogP) is 4.27. The summed E-state index contributed by atoms with van der Waals surface area (Å²) in [6.45, 7) is 17.9. The van der Waals surface area contributed by atoms with Crippen LogP contribution in [0, 0.1) is 18.9 Å². The van der Waals surface area contributed by atoms with Gasteiger partial charge in [0.1, 0.15) is 12.2 Å².